The smallest absolute Gasteiger partial charge is 0.321 e. The SMILES string of the molecule is NCCN([C@@H](CC(=O)O)C(=O)O)[C@@H](CC(=O)O)C(=O)O. The quantitative estimate of drug-likeness (QED) is 0.305. The fourth-order valence-electron chi connectivity index (χ4n) is 1.70. The van der Waals surface area contributed by atoms with Crippen LogP contribution in [0.5, 0.6) is 0 Å². The van der Waals surface area contributed by atoms with E-state index in [9.17, 15) is 19.2 Å². The number of nitrogens with zero attached hydrogens (tertiary/aromatic N) is 1. The molecule has 0 saturated carbocycles. The van der Waals surface area contributed by atoms with Crippen molar-refractivity contribution in [2.75, 3.05) is 13.1 Å². The zero-order valence-corrected chi connectivity index (χ0v) is 10.4. The molecular weight excluding hydrogens is 276 g/mol. The lowest BCUT2D eigenvalue weighted by atomic mass is 10.1. The molecule has 0 saturated heterocycles. The van der Waals surface area contributed by atoms with E-state index in [4.69, 9.17) is 26.2 Å². The fourth-order valence-corrected chi connectivity index (χ4v) is 1.70. The van der Waals surface area contributed by atoms with Gasteiger partial charge < -0.3 is 26.2 Å². The third-order valence-electron chi connectivity index (χ3n) is 2.49. The summed E-state index contributed by atoms with van der Waals surface area (Å²) in [5.74, 6) is -6.01. The van der Waals surface area contributed by atoms with Crippen LogP contribution in [0.15, 0.2) is 0 Å². The van der Waals surface area contributed by atoms with Gasteiger partial charge >= 0.3 is 23.9 Å². The van der Waals surface area contributed by atoms with Crippen LogP contribution >= 0.6 is 0 Å². The van der Waals surface area contributed by atoms with Gasteiger partial charge in [0, 0.05) is 13.1 Å². The lowest BCUT2D eigenvalue weighted by Crippen LogP contribution is -2.53. The van der Waals surface area contributed by atoms with Crippen molar-refractivity contribution < 1.29 is 39.6 Å². The van der Waals surface area contributed by atoms with Gasteiger partial charge in [-0.05, 0) is 0 Å². The highest BCUT2D eigenvalue weighted by atomic mass is 16.4. The number of aliphatic carboxylic acids is 4. The van der Waals surface area contributed by atoms with Crippen LogP contribution in [-0.2, 0) is 19.2 Å². The summed E-state index contributed by atoms with van der Waals surface area (Å²) < 4.78 is 0. The molecule has 0 aromatic rings. The van der Waals surface area contributed by atoms with Gasteiger partial charge in [0.15, 0.2) is 0 Å². The molecule has 0 rings (SSSR count). The second kappa shape index (κ2) is 8.07. The van der Waals surface area contributed by atoms with E-state index in [0.29, 0.717) is 0 Å². The van der Waals surface area contributed by atoms with E-state index in [-0.39, 0.29) is 13.1 Å². The minimum absolute atomic E-state index is 0.146. The summed E-state index contributed by atoms with van der Waals surface area (Å²) in [7, 11) is 0. The maximum absolute atomic E-state index is 11.1. The van der Waals surface area contributed by atoms with Gasteiger partial charge in [0.1, 0.15) is 12.1 Å². The molecular formula is C10H16N2O8. The standard InChI is InChI=1S/C10H16N2O8/c11-1-2-12(5(9(17)18)3-7(13)14)6(10(19)20)4-8(15)16/h5-6H,1-4,11H2,(H,13,14)(H,15,16)(H,17,18)(H,19,20)/t5-,6-/m0/s1. The highest BCUT2D eigenvalue weighted by Crippen LogP contribution is 2.13. The lowest BCUT2D eigenvalue weighted by molar-refractivity contribution is -0.158. The van der Waals surface area contributed by atoms with Crippen LogP contribution in [-0.4, -0.2) is 74.4 Å². The molecule has 114 valence electrons. The Morgan fingerprint density at radius 2 is 1.20 bits per heavy atom. The molecule has 0 fully saturated rings. The Bertz CT molecular complexity index is 363. The Morgan fingerprint density at radius 1 is 0.850 bits per heavy atom. The Kier molecular flexibility index (Phi) is 7.18. The molecule has 0 unspecified atom stereocenters. The van der Waals surface area contributed by atoms with Crippen molar-refractivity contribution in [3.63, 3.8) is 0 Å². The van der Waals surface area contributed by atoms with Gasteiger partial charge in [-0.15, -0.1) is 0 Å². The molecule has 0 bridgehead atoms. The highest BCUT2D eigenvalue weighted by Gasteiger charge is 2.37. The average molecular weight is 292 g/mol. The molecule has 0 radical (unpaired) electrons. The summed E-state index contributed by atoms with van der Waals surface area (Å²) in [5, 5.41) is 35.3. The van der Waals surface area contributed by atoms with Crippen molar-refractivity contribution in [1.29, 1.82) is 0 Å². The fraction of sp³-hybridized carbons (Fsp3) is 0.600. The van der Waals surface area contributed by atoms with Crippen molar-refractivity contribution in [2.45, 2.75) is 24.9 Å². The van der Waals surface area contributed by atoms with E-state index < -0.39 is 48.8 Å². The third kappa shape index (κ3) is 5.63. The van der Waals surface area contributed by atoms with Crippen molar-refractivity contribution in [1.82, 2.24) is 4.90 Å². The van der Waals surface area contributed by atoms with Gasteiger partial charge in [0.05, 0.1) is 12.8 Å². The van der Waals surface area contributed by atoms with Crippen LogP contribution in [0, 0.1) is 0 Å². The number of hydrogen-bond acceptors (Lipinski definition) is 6. The summed E-state index contributed by atoms with van der Waals surface area (Å²) >= 11 is 0. The zero-order valence-electron chi connectivity index (χ0n) is 10.4. The van der Waals surface area contributed by atoms with Gasteiger partial charge in [-0.2, -0.15) is 0 Å². The molecule has 0 heterocycles. The molecule has 0 amide bonds. The van der Waals surface area contributed by atoms with E-state index >= 15 is 0 Å². The van der Waals surface area contributed by atoms with Gasteiger partial charge in [0.25, 0.3) is 0 Å². The Balaban J connectivity index is 5.40. The monoisotopic (exact) mass is 292 g/mol. The number of carboxylic acids is 4. The number of nitrogens with two attached hydrogens (primary N) is 1. The van der Waals surface area contributed by atoms with Crippen molar-refractivity contribution in [3.8, 4) is 0 Å². The Hall–Kier alpha value is -2.20. The summed E-state index contributed by atoms with van der Waals surface area (Å²) in [6.07, 6.45) is -1.72. The summed E-state index contributed by atoms with van der Waals surface area (Å²) in [4.78, 5) is 44.2. The predicted octanol–water partition coefficient (Wildman–Crippen LogP) is -1.90. The minimum atomic E-state index is -1.67. The molecule has 0 aliphatic carbocycles. The predicted molar refractivity (Wildman–Crippen MR) is 63.1 cm³/mol. The lowest BCUT2D eigenvalue weighted by Gasteiger charge is -2.31. The number of carboxylic acid groups (broad SMARTS) is 4. The zero-order chi connectivity index (χ0) is 15.9. The van der Waals surface area contributed by atoms with Crippen molar-refractivity contribution in [3.05, 3.63) is 0 Å². The van der Waals surface area contributed by atoms with Crippen molar-refractivity contribution in [2.24, 2.45) is 5.73 Å². The molecule has 0 aromatic heterocycles. The summed E-state index contributed by atoms with van der Waals surface area (Å²) in [6, 6.07) is -3.34. The van der Waals surface area contributed by atoms with Gasteiger partial charge in [-0.25, -0.2) is 0 Å². The first kappa shape index (κ1) is 17.8. The molecule has 10 heteroatoms. The first-order valence-corrected chi connectivity index (χ1v) is 5.55. The van der Waals surface area contributed by atoms with Crippen LogP contribution in [0.25, 0.3) is 0 Å². The molecule has 0 aliphatic rings. The van der Waals surface area contributed by atoms with Crippen LogP contribution in [0.4, 0.5) is 0 Å². The number of hydrogen-bond donors (Lipinski definition) is 5. The topological polar surface area (TPSA) is 178 Å². The highest BCUT2D eigenvalue weighted by molar-refractivity contribution is 5.84. The number of rotatable bonds is 10. The number of carbonyl (C=O) groups is 4. The van der Waals surface area contributed by atoms with E-state index in [1.807, 2.05) is 0 Å². The normalized spacial score (nSPS) is 13.7. The Morgan fingerprint density at radius 3 is 1.40 bits per heavy atom. The first-order chi connectivity index (χ1) is 9.20. The van der Waals surface area contributed by atoms with Crippen LogP contribution in [0.2, 0.25) is 0 Å². The third-order valence-corrected chi connectivity index (χ3v) is 2.49. The second-order valence-corrected chi connectivity index (χ2v) is 3.93. The maximum Gasteiger partial charge on any atom is 0.321 e. The van der Waals surface area contributed by atoms with E-state index in [2.05, 4.69) is 0 Å². The van der Waals surface area contributed by atoms with Crippen LogP contribution in [0.3, 0.4) is 0 Å². The molecule has 6 N–H and O–H groups in total. The summed E-state index contributed by atoms with van der Waals surface area (Å²) in [5.41, 5.74) is 5.24. The van der Waals surface area contributed by atoms with Crippen LogP contribution < -0.4 is 5.73 Å². The molecule has 0 aliphatic heterocycles. The second-order valence-electron chi connectivity index (χ2n) is 3.93. The van der Waals surface area contributed by atoms with E-state index in [1.54, 1.807) is 0 Å². The molecule has 2 atom stereocenters. The van der Waals surface area contributed by atoms with E-state index in [0.717, 1.165) is 4.90 Å². The van der Waals surface area contributed by atoms with Crippen LogP contribution in [0.1, 0.15) is 12.8 Å². The first-order valence-electron chi connectivity index (χ1n) is 5.55. The maximum atomic E-state index is 11.1. The summed E-state index contributed by atoms with van der Waals surface area (Å²) in [6.45, 7) is -0.401. The minimum Gasteiger partial charge on any atom is -0.481 e. The van der Waals surface area contributed by atoms with Gasteiger partial charge in [-0.1, -0.05) is 0 Å². The Labute approximate surface area is 113 Å². The van der Waals surface area contributed by atoms with Gasteiger partial charge in [-0.3, -0.25) is 24.1 Å². The van der Waals surface area contributed by atoms with E-state index in [1.165, 1.54) is 0 Å². The molecule has 0 aromatic carbocycles. The van der Waals surface area contributed by atoms with Gasteiger partial charge in [0.2, 0.25) is 0 Å². The average Bonchev–Trinajstić information content (AvgIpc) is 2.29. The molecule has 20 heavy (non-hydrogen) atoms. The largest absolute Gasteiger partial charge is 0.481 e. The van der Waals surface area contributed by atoms with Crippen molar-refractivity contribution >= 4 is 23.9 Å². The molecule has 10 nitrogen and oxygen atoms in total. The molecule has 0 spiro atoms.